The Morgan fingerprint density at radius 2 is 2.27 bits per heavy atom. The lowest BCUT2D eigenvalue weighted by Crippen LogP contribution is -2.42. The Labute approximate surface area is 67.3 Å². The topological polar surface area (TPSA) is 32.3 Å². The fraction of sp³-hybridized carbons (Fsp3) is 0.778. The van der Waals surface area contributed by atoms with Crippen molar-refractivity contribution >= 4 is 0 Å². The smallest absolute Gasteiger partial charge is 0.0480 e. The molecule has 11 heavy (non-hydrogen) atoms. The van der Waals surface area contributed by atoms with Crippen LogP contribution in [0.3, 0.4) is 0 Å². The Morgan fingerprint density at radius 1 is 1.55 bits per heavy atom. The number of rotatable bonds is 1. The van der Waals surface area contributed by atoms with Gasteiger partial charge in [0.1, 0.15) is 0 Å². The molecule has 2 N–H and O–H groups in total. The quantitative estimate of drug-likeness (QED) is 0.543. The van der Waals surface area contributed by atoms with Crippen LogP contribution in [0.2, 0.25) is 0 Å². The molecule has 2 bridgehead atoms. The zero-order chi connectivity index (χ0) is 8.11. The molecule has 0 radical (unpaired) electrons. The molecule has 0 aromatic rings. The first-order valence-corrected chi connectivity index (χ1v) is 4.19. The summed E-state index contributed by atoms with van der Waals surface area (Å²) in [5.74, 6) is 0.400. The largest absolute Gasteiger partial charge is 0.396 e. The van der Waals surface area contributed by atoms with E-state index in [-0.39, 0.29) is 11.1 Å². The second-order valence-corrected chi connectivity index (χ2v) is 4.24. The molecule has 0 aliphatic carbocycles. The molecule has 0 aromatic heterocycles. The molecule has 2 heterocycles. The maximum absolute atomic E-state index is 9.09. The van der Waals surface area contributed by atoms with Gasteiger partial charge in [-0.3, -0.25) is 5.32 Å². The van der Waals surface area contributed by atoms with E-state index in [9.17, 15) is 0 Å². The Morgan fingerprint density at radius 3 is 2.55 bits per heavy atom. The van der Waals surface area contributed by atoms with Crippen LogP contribution in [0.1, 0.15) is 20.3 Å². The number of nitrogens with one attached hydrogen (secondary N) is 1. The van der Waals surface area contributed by atoms with E-state index in [0.717, 1.165) is 6.42 Å². The Balaban J connectivity index is 2.30. The van der Waals surface area contributed by atoms with Gasteiger partial charge in [-0.25, -0.2) is 0 Å². The highest BCUT2D eigenvalue weighted by Gasteiger charge is 2.50. The first-order chi connectivity index (χ1) is 5.08. The van der Waals surface area contributed by atoms with Gasteiger partial charge >= 0.3 is 0 Å². The zero-order valence-electron chi connectivity index (χ0n) is 7.09. The standard InChI is InChI=1S/C9H15NO/c1-8-3-4-9(2,10-8)7(5-8)6-11/h3-4,7,10-11H,5-6H2,1-2H3/t7-,8+,9-/m0/s1. The Hall–Kier alpha value is -0.340. The summed E-state index contributed by atoms with van der Waals surface area (Å²) in [6.07, 6.45) is 5.48. The molecule has 1 fully saturated rings. The molecule has 2 aliphatic heterocycles. The van der Waals surface area contributed by atoms with Crippen LogP contribution in [0, 0.1) is 5.92 Å². The molecule has 0 spiro atoms. The van der Waals surface area contributed by atoms with Crippen molar-refractivity contribution in [1.82, 2.24) is 5.32 Å². The van der Waals surface area contributed by atoms with Crippen molar-refractivity contribution in [2.75, 3.05) is 6.61 Å². The van der Waals surface area contributed by atoms with Crippen molar-refractivity contribution < 1.29 is 5.11 Å². The highest BCUT2D eigenvalue weighted by atomic mass is 16.3. The molecule has 0 amide bonds. The molecule has 0 saturated carbocycles. The molecule has 0 aromatic carbocycles. The van der Waals surface area contributed by atoms with Gasteiger partial charge in [0, 0.05) is 23.6 Å². The van der Waals surface area contributed by atoms with Crippen LogP contribution in [0.25, 0.3) is 0 Å². The van der Waals surface area contributed by atoms with E-state index in [1.54, 1.807) is 0 Å². The average Bonchev–Trinajstić information content (AvgIpc) is 2.36. The number of hydrogen-bond donors (Lipinski definition) is 2. The summed E-state index contributed by atoms with van der Waals surface area (Å²) in [5, 5.41) is 12.6. The number of aliphatic hydroxyl groups is 1. The molecule has 1 saturated heterocycles. The molecule has 0 unspecified atom stereocenters. The van der Waals surface area contributed by atoms with Crippen molar-refractivity contribution in [1.29, 1.82) is 0 Å². The minimum atomic E-state index is 0.0590. The normalized spacial score (nSPS) is 53.9. The van der Waals surface area contributed by atoms with E-state index < -0.39 is 0 Å². The van der Waals surface area contributed by atoms with E-state index in [1.165, 1.54) is 0 Å². The fourth-order valence-corrected chi connectivity index (χ4v) is 2.39. The van der Waals surface area contributed by atoms with Crippen molar-refractivity contribution in [3.8, 4) is 0 Å². The summed E-state index contributed by atoms with van der Waals surface area (Å²) in [5.41, 5.74) is 0.214. The van der Waals surface area contributed by atoms with E-state index in [4.69, 9.17) is 5.11 Å². The zero-order valence-corrected chi connectivity index (χ0v) is 7.09. The van der Waals surface area contributed by atoms with Crippen molar-refractivity contribution in [2.24, 2.45) is 5.92 Å². The number of fused-ring (bicyclic) bond motifs is 2. The first kappa shape index (κ1) is 7.32. The van der Waals surface area contributed by atoms with Gasteiger partial charge in [-0.05, 0) is 20.3 Å². The van der Waals surface area contributed by atoms with Crippen LogP contribution in [0.15, 0.2) is 12.2 Å². The average molecular weight is 153 g/mol. The predicted octanol–water partition coefficient (Wildman–Crippen LogP) is 0.675. The molecule has 62 valence electrons. The first-order valence-electron chi connectivity index (χ1n) is 4.19. The molecule has 2 rings (SSSR count). The van der Waals surface area contributed by atoms with Gasteiger partial charge in [0.25, 0.3) is 0 Å². The minimum Gasteiger partial charge on any atom is -0.396 e. The van der Waals surface area contributed by atoms with Crippen molar-refractivity contribution in [2.45, 2.75) is 31.3 Å². The SMILES string of the molecule is C[C@]12C=C[C@](C)(N1)[C@H](CO)C2. The van der Waals surface area contributed by atoms with Crippen LogP contribution in [-0.2, 0) is 0 Å². The Bertz CT molecular complexity index is 214. The van der Waals surface area contributed by atoms with Crippen molar-refractivity contribution in [3.63, 3.8) is 0 Å². The third-order valence-corrected chi connectivity index (χ3v) is 3.09. The lowest BCUT2D eigenvalue weighted by molar-refractivity contribution is 0.192. The number of hydrogen-bond acceptors (Lipinski definition) is 2. The summed E-state index contributed by atoms with van der Waals surface area (Å²) >= 11 is 0. The van der Waals surface area contributed by atoms with Crippen LogP contribution < -0.4 is 5.32 Å². The predicted molar refractivity (Wildman–Crippen MR) is 44.3 cm³/mol. The summed E-state index contributed by atoms with van der Waals surface area (Å²) in [6.45, 7) is 4.64. The molecule has 2 aliphatic rings. The van der Waals surface area contributed by atoms with Gasteiger partial charge in [-0.2, -0.15) is 0 Å². The molecule has 2 heteroatoms. The summed E-state index contributed by atoms with van der Waals surface area (Å²) in [4.78, 5) is 0. The van der Waals surface area contributed by atoms with E-state index in [2.05, 4.69) is 31.3 Å². The van der Waals surface area contributed by atoms with Crippen molar-refractivity contribution in [3.05, 3.63) is 12.2 Å². The van der Waals surface area contributed by atoms with Gasteiger partial charge < -0.3 is 5.11 Å². The van der Waals surface area contributed by atoms with Gasteiger partial charge in [-0.15, -0.1) is 0 Å². The van der Waals surface area contributed by atoms with Crippen LogP contribution in [0.4, 0.5) is 0 Å². The summed E-state index contributed by atoms with van der Waals surface area (Å²) in [7, 11) is 0. The van der Waals surface area contributed by atoms with Crippen LogP contribution in [0.5, 0.6) is 0 Å². The maximum Gasteiger partial charge on any atom is 0.0480 e. The highest BCUT2D eigenvalue weighted by molar-refractivity contribution is 5.30. The Kier molecular flexibility index (Phi) is 1.25. The van der Waals surface area contributed by atoms with Gasteiger partial charge in [0.05, 0.1) is 0 Å². The van der Waals surface area contributed by atoms with E-state index in [1.807, 2.05) is 0 Å². The molecular formula is C9H15NO. The molecule has 2 nitrogen and oxygen atoms in total. The van der Waals surface area contributed by atoms with Crippen LogP contribution in [-0.4, -0.2) is 22.8 Å². The maximum atomic E-state index is 9.09. The van der Waals surface area contributed by atoms with Gasteiger partial charge in [0.2, 0.25) is 0 Å². The minimum absolute atomic E-state index is 0.0590. The van der Waals surface area contributed by atoms with Crippen LogP contribution >= 0.6 is 0 Å². The lowest BCUT2D eigenvalue weighted by atomic mass is 9.81. The van der Waals surface area contributed by atoms with E-state index in [0.29, 0.717) is 12.5 Å². The third kappa shape index (κ3) is 0.861. The summed E-state index contributed by atoms with van der Waals surface area (Å²) in [6, 6.07) is 0. The summed E-state index contributed by atoms with van der Waals surface area (Å²) < 4.78 is 0. The fourth-order valence-electron chi connectivity index (χ4n) is 2.39. The monoisotopic (exact) mass is 153 g/mol. The molecule has 3 atom stereocenters. The van der Waals surface area contributed by atoms with Gasteiger partial charge in [0.15, 0.2) is 0 Å². The highest BCUT2D eigenvalue weighted by Crippen LogP contribution is 2.42. The van der Waals surface area contributed by atoms with Gasteiger partial charge in [-0.1, -0.05) is 12.2 Å². The molecular weight excluding hydrogens is 138 g/mol. The lowest BCUT2D eigenvalue weighted by Gasteiger charge is -2.25. The second-order valence-electron chi connectivity index (χ2n) is 4.24. The van der Waals surface area contributed by atoms with E-state index >= 15 is 0 Å². The third-order valence-electron chi connectivity index (χ3n) is 3.09. The number of aliphatic hydroxyl groups excluding tert-OH is 1. The second kappa shape index (κ2) is 1.87.